The van der Waals surface area contributed by atoms with Crippen LogP contribution in [-0.4, -0.2) is 41.6 Å². The number of benzene rings is 1. The van der Waals surface area contributed by atoms with Crippen molar-refractivity contribution in [3.63, 3.8) is 0 Å². The Balaban J connectivity index is 1.60. The zero-order chi connectivity index (χ0) is 16.6. The Bertz CT molecular complexity index is 629. The van der Waals surface area contributed by atoms with Crippen LogP contribution in [0.3, 0.4) is 0 Å². The third kappa shape index (κ3) is 3.44. The molecular formula is C17H20ClNO4. The summed E-state index contributed by atoms with van der Waals surface area (Å²) in [7, 11) is 0. The first-order chi connectivity index (χ1) is 11.0. The van der Waals surface area contributed by atoms with E-state index >= 15 is 0 Å². The van der Waals surface area contributed by atoms with Crippen LogP contribution >= 0.6 is 11.6 Å². The van der Waals surface area contributed by atoms with Crippen molar-refractivity contribution >= 4 is 23.5 Å². The van der Waals surface area contributed by atoms with Crippen LogP contribution in [0.1, 0.15) is 18.4 Å². The van der Waals surface area contributed by atoms with Crippen LogP contribution in [0, 0.1) is 24.7 Å². The fourth-order valence-electron chi connectivity index (χ4n) is 3.27. The van der Waals surface area contributed by atoms with Gasteiger partial charge in [0, 0.05) is 23.7 Å². The molecule has 2 atom stereocenters. The molecule has 1 heterocycles. The van der Waals surface area contributed by atoms with E-state index < -0.39 is 11.9 Å². The van der Waals surface area contributed by atoms with Crippen molar-refractivity contribution in [2.75, 3.05) is 19.7 Å². The third-order valence-electron chi connectivity index (χ3n) is 4.83. The first-order valence-corrected chi connectivity index (χ1v) is 8.23. The summed E-state index contributed by atoms with van der Waals surface area (Å²) in [6.07, 6.45) is 2.16. The highest BCUT2D eigenvalue weighted by atomic mass is 35.5. The summed E-state index contributed by atoms with van der Waals surface area (Å²) in [5.41, 5.74) is 0.794. The number of ether oxygens (including phenoxy) is 1. The van der Waals surface area contributed by atoms with Crippen molar-refractivity contribution in [3.8, 4) is 5.75 Å². The van der Waals surface area contributed by atoms with Gasteiger partial charge in [0.15, 0.2) is 6.61 Å². The van der Waals surface area contributed by atoms with Gasteiger partial charge in [0.05, 0.1) is 5.92 Å². The minimum absolute atomic E-state index is 0.0874. The van der Waals surface area contributed by atoms with E-state index in [0.29, 0.717) is 23.2 Å². The molecule has 0 aromatic heterocycles. The van der Waals surface area contributed by atoms with Gasteiger partial charge in [-0.1, -0.05) is 17.7 Å². The molecule has 124 valence electrons. The fraction of sp³-hybridized carbons (Fsp3) is 0.529. The maximum Gasteiger partial charge on any atom is 0.308 e. The van der Waals surface area contributed by atoms with Gasteiger partial charge in [0.25, 0.3) is 5.91 Å². The smallest absolute Gasteiger partial charge is 0.308 e. The molecule has 2 fully saturated rings. The minimum atomic E-state index is -0.802. The van der Waals surface area contributed by atoms with E-state index in [4.69, 9.17) is 16.3 Å². The molecule has 3 rings (SSSR count). The predicted octanol–water partition coefficient (Wildman–Crippen LogP) is 2.60. The number of hydrogen-bond donors (Lipinski definition) is 1. The van der Waals surface area contributed by atoms with Crippen LogP contribution in [-0.2, 0) is 9.59 Å². The molecule has 2 aliphatic rings. The lowest BCUT2D eigenvalue weighted by molar-refractivity contribution is -0.142. The predicted molar refractivity (Wildman–Crippen MR) is 85.6 cm³/mol. The van der Waals surface area contributed by atoms with E-state index in [2.05, 4.69) is 0 Å². The molecule has 1 N–H and O–H groups in total. The van der Waals surface area contributed by atoms with Crippen molar-refractivity contribution in [2.45, 2.75) is 19.8 Å². The SMILES string of the molecule is Cc1c(Cl)cccc1OCC(=O)N1C[C@H](C(=O)O)[C@@H](C2CC2)C1. The molecule has 1 saturated heterocycles. The summed E-state index contributed by atoms with van der Waals surface area (Å²) in [6, 6.07) is 5.31. The molecule has 0 bridgehead atoms. The minimum Gasteiger partial charge on any atom is -0.483 e. The number of aliphatic carboxylic acids is 1. The van der Waals surface area contributed by atoms with Gasteiger partial charge in [0.1, 0.15) is 5.75 Å². The van der Waals surface area contributed by atoms with Crippen LogP contribution in [0.5, 0.6) is 5.75 Å². The molecule has 23 heavy (non-hydrogen) atoms. The number of halogens is 1. The molecule has 1 aromatic carbocycles. The maximum atomic E-state index is 12.3. The van der Waals surface area contributed by atoms with Crippen LogP contribution in [0.15, 0.2) is 18.2 Å². The zero-order valence-electron chi connectivity index (χ0n) is 13.0. The van der Waals surface area contributed by atoms with Crippen molar-refractivity contribution in [1.29, 1.82) is 0 Å². The Morgan fingerprint density at radius 1 is 1.35 bits per heavy atom. The summed E-state index contributed by atoms with van der Waals surface area (Å²) in [5.74, 6) is -0.283. The molecule has 6 heteroatoms. The molecule has 0 radical (unpaired) electrons. The molecule has 1 aromatic rings. The van der Waals surface area contributed by atoms with Gasteiger partial charge in [-0.25, -0.2) is 0 Å². The van der Waals surface area contributed by atoms with E-state index in [9.17, 15) is 14.7 Å². The average molecular weight is 338 g/mol. The summed E-state index contributed by atoms with van der Waals surface area (Å²) in [5, 5.41) is 9.94. The van der Waals surface area contributed by atoms with E-state index in [1.54, 1.807) is 23.1 Å². The first-order valence-electron chi connectivity index (χ1n) is 7.86. The normalized spacial score (nSPS) is 23.8. The van der Waals surface area contributed by atoms with E-state index in [1.807, 2.05) is 6.92 Å². The number of amides is 1. The molecular weight excluding hydrogens is 318 g/mol. The molecule has 1 saturated carbocycles. The number of carbonyl (C=O) groups is 2. The standard InChI is InChI=1S/C17H20ClNO4/c1-10-14(18)3-2-4-15(10)23-9-16(20)19-7-12(11-5-6-11)13(8-19)17(21)22/h2-4,11-13H,5-9H2,1H3,(H,21,22)/t12-,13+/m1/s1. The second-order valence-corrected chi connectivity index (χ2v) is 6.80. The molecule has 5 nitrogen and oxygen atoms in total. The molecule has 1 amide bonds. The number of rotatable bonds is 5. The van der Waals surface area contributed by atoms with Crippen molar-refractivity contribution < 1.29 is 19.4 Å². The van der Waals surface area contributed by atoms with Crippen LogP contribution < -0.4 is 4.74 Å². The fourth-order valence-corrected chi connectivity index (χ4v) is 3.44. The van der Waals surface area contributed by atoms with Crippen molar-refractivity contribution in [2.24, 2.45) is 17.8 Å². The van der Waals surface area contributed by atoms with Gasteiger partial charge >= 0.3 is 5.97 Å². The third-order valence-corrected chi connectivity index (χ3v) is 5.24. The second-order valence-electron chi connectivity index (χ2n) is 6.40. The summed E-state index contributed by atoms with van der Waals surface area (Å²) in [4.78, 5) is 25.4. The number of likely N-dealkylation sites (tertiary alicyclic amines) is 1. The van der Waals surface area contributed by atoms with Gasteiger partial charge in [-0.2, -0.15) is 0 Å². The summed E-state index contributed by atoms with van der Waals surface area (Å²) >= 11 is 6.03. The van der Waals surface area contributed by atoms with Crippen molar-refractivity contribution in [3.05, 3.63) is 28.8 Å². The highest BCUT2D eigenvalue weighted by Gasteiger charge is 2.46. The number of nitrogens with zero attached hydrogens (tertiary/aromatic N) is 1. The summed E-state index contributed by atoms with van der Waals surface area (Å²) in [6.45, 7) is 2.55. The number of carboxylic acids is 1. The monoisotopic (exact) mass is 337 g/mol. The van der Waals surface area contributed by atoms with Crippen LogP contribution in [0.2, 0.25) is 5.02 Å². The highest BCUT2D eigenvalue weighted by Crippen LogP contribution is 2.44. The lowest BCUT2D eigenvalue weighted by Crippen LogP contribution is -2.34. The molecule has 0 spiro atoms. The Hall–Kier alpha value is -1.75. The second kappa shape index (κ2) is 6.40. The van der Waals surface area contributed by atoms with Gasteiger partial charge in [0.2, 0.25) is 0 Å². The lowest BCUT2D eigenvalue weighted by Gasteiger charge is -2.17. The maximum absolute atomic E-state index is 12.3. The molecule has 1 aliphatic heterocycles. The molecule has 1 aliphatic carbocycles. The van der Waals surface area contributed by atoms with Gasteiger partial charge in [-0.05, 0) is 43.7 Å². The Kier molecular flexibility index (Phi) is 4.48. The van der Waals surface area contributed by atoms with Crippen LogP contribution in [0.25, 0.3) is 0 Å². The molecule has 0 unspecified atom stereocenters. The highest BCUT2D eigenvalue weighted by molar-refractivity contribution is 6.31. The lowest BCUT2D eigenvalue weighted by atomic mass is 9.92. The topological polar surface area (TPSA) is 66.8 Å². The van der Waals surface area contributed by atoms with E-state index in [0.717, 1.165) is 18.4 Å². The Morgan fingerprint density at radius 2 is 2.09 bits per heavy atom. The Morgan fingerprint density at radius 3 is 2.74 bits per heavy atom. The number of carboxylic acid groups (broad SMARTS) is 1. The zero-order valence-corrected chi connectivity index (χ0v) is 13.8. The number of hydrogen-bond acceptors (Lipinski definition) is 3. The van der Waals surface area contributed by atoms with Gasteiger partial charge in [-0.15, -0.1) is 0 Å². The van der Waals surface area contributed by atoms with Gasteiger partial charge in [-0.3, -0.25) is 9.59 Å². The summed E-state index contributed by atoms with van der Waals surface area (Å²) < 4.78 is 5.58. The quantitative estimate of drug-likeness (QED) is 0.896. The van der Waals surface area contributed by atoms with Crippen LogP contribution in [0.4, 0.5) is 0 Å². The Labute approximate surface area is 140 Å². The average Bonchev–Trinajstić information content (AvgIpc) is 3.26. The first kappa shape index (κ1) is 16.1. The largest absolute Gasteiger partial charge is 0.483 e. The van der Waals surface area contributed by atoms with Gasteiger partial charge < -0.3 is 14.7 Å². The number of carbonyl (C=O) groups excluding carboxylic acids is 1. The van der Waals surface area contributed by atoms with E-state index in [1.165, 1.54) is 0 Å². The van der Waals surface area contributed by atoms with E-state index in [-0.39, 0.29) is 25.0 Å². The van der Waals surface area contributed by atoms with Crippen molar-refractivity contribution in [1.82, 2.24) is 4.90 Å².